The second-order valence-electron chi connectivity index (χ2n) is 6.85. The zero-order valence-electron chi connectivity index (χ0n) is 19.0. The first-order valence-corrected chi connectivity index (χ1v) is 11.3. The number of rotatable bonds is 16. The molecule has 0 saturated heterocycles. The van der Waals surface area contributed by atoms with E-state index in [9.17, 15) is 4.79 Å². The minimum atomic E-state index is -0.639. The van der Waals surface area contributed by atoms with Crippen LogP contribution in [0.2, 0.25) is 0 Å². The Morgan fingerprint density at radius 2 is 0.963 bits per heavy atom. The third-order valence-electron chi connectivity index (χ3n) is 4.33. The van der Waals surface area contributed by atoms with E-state index in [0.717, 1.165) is 25.9 Å². The minimum absolute atomic E-state index is 0. The number of hydrogen-bond donors (Lipinski definition) is 3. The predicted molar refractivity (Wildman–Crippen MR) is 122 cm³/mol. The molecule has 0 atom stereocenters. The van der Waals surface area contributed by atoms with Crippen molar-refractivity contribution in [3.8, 4) is 0 Å². The van der Waals surface area contributed by atoms with Crippen molar-refractivity contribution < 1.29 is 29.9 Å². The van der Waals surface area contributed by atoms with Crippen molar-refractivity contribution in [2.75, 3.05) is 13.1 Å². The van der Waals surface area contributed by atoms with Gasteiger partial charge in [-0.15, -0.1) is 0 Å². The molecule has 0 aliphatic rings. The number of amides is 2. The number of primary amides is 1. The van der Waals surface area contributed by atoms with Crippen molar-refractivity contribution in [2.45, 2.75) is 104 Å². The summed E-state index contributed by atoms with van der Waals surface area (Å²) >= 11 is 7.13. The molecule has 2 N–H and O–H groups in total. The number of nitrogens with two attached hydrogens (primary N) is 1. The third-order valence-corrected chi connectivity index (χ3v) is 4.62. The summed E-state index contributed by atoms with van der Waals surface area (Å²) < 4.78 is 0. The maximum Gasteiger partial charge on any atom is 1.00 e. The summed E-state index contributed by atoms with van der Waals surface area (Å²) in [7, 11) is 0. The standard InChI is InChI=1S/C19H39NOS.CH3NOS.Li.H/c1-3-5-7-9-11-13-15-17-20(19(21)22)18-16-14-12-10-8-6-4-2;2-1(3)4;;/h3-18H2,1-2H3,(H,21,22);(H3,2,3,4);;/q;;+1;-1. The molecule has 0 saturated carbocycles. The van der Waals surface area contributed by atoms with E-state index >= 15 is 0 Å². The average Bonchev–Trinajstić information content (AvgIpc) is 2.57. The number of carbonyl (C=O) groups excluding carboxylic acids is 2. The number of unbranched alkanes of at least 4 members (excludes halogenated alkanes) is 12. The predicted octanol–water partition coefficient (Wildman–Crippen LogP) is 3.95. The van der Waals surface area contributed by atoms with Crippen LogP contribution in [0.25, 0.3) is 0 Å². The van der Waals surface area contributed by atoms with E-state index < -0.39 is 5.24 Å². The van der Waals surface area contributed by atoms with Gasteiger partial charge in [0.1, 0.15) is 0 Å². The number of carbonyl (C=O) groups is 2. The number of nitrogens with zero attached hydrogens (tertiary/aromatic N) is 1. The monoisotopic (exact) mass is 414 g/mol. The van der Waals surface area contributed by atoms with E-state index in [1.54, 1.807) is 0 Å². The maximum atomic E-state index is 11.5. The Bertz CT molecular complexity index is 319. The van der Waals surface area contributed by atoms with Gasteiger partial charge in [0, 0.05) is 13.1 Å². The molecule has 0 spiro atoms. The Balaban J connectivity index is -0.000000435. The van der Waals surface area contributed by atoms with Gasteiger partial charge in [0.2, 0.25) is 0 Å². The van der Waals surface area contributed by atoms with E-state index in [-0.39, 0.29) is 25.5 Å². The van der Waals surface area contributed by atoms with Gasteiger partial charge in [0.05, 0.1) is 0 Å². The van der Waals surface area contributed by atoms with E-state index in [0.29, 0.717) is 0 Å². The maximum absolute atomic E-state index is 11.5. The summed E-state index contributed by atoms with van der Waals surface area (Å²) in [6, 6.07) is 0. The minimum Gasteiger partial charge on any atom is -1.00 e. The van der Waals surface area contributed by atoms with Crippen molar-refractivity contribution in [3.63, 3.8) is 0 Å². The van der Waals surface area contributed by atoms with E-state index in [4.69, 9.17) is 4.79 Å². The Morgan fingerprint density at radius 3 is 1.22 bits per heavy atom. The van der Waals surface area contributed by atoms with Gasteiger partial charge in [-0.05, 0) is 12.8 Å². The first kappa shape index (κ1) is 31.9. The molecular formula is C20H43LiN2O2S2. The van der Waals surface area contributed by atoms with Gasteiger partial charge < -0.3 is 12.1 Å². The van der Waals surface area contributed by atoms with Crippen molar-refractivity contribution in [3.05, 3.63) is 0 Å². The van der Waals surface area contributed by atoms with Crippen LogP contribution in [-0.4, -0.2) is 28.5 Å². The zero-order valence-corrected chi connectivity index (χ0v) is 19.8. The van der Waals surface area contributed by atoms with Crippen molar-refractivity contribution in [2.24, 2.45) is 5.73 Å². The van der Waals surface area contributed by atoms with Crippen LogP contribution >= 0.6 is 25.3 Å². The number of thiol groups is 2. The van der Waals surface area contributed by atoms with Crippen LogP contribution < -0.4 is 24.6 Å². The molecular weight excluding hydrogens is 371 g/mol. The molecule has 0 aliphatic carbocycles. The van der Waals surface area contributed by atoms with Crippen molar-refractivity contribution >= 4 is 35.7 Å². The molecule has 0 aromatic heterocycles. The Hall–Kier alpha value is 0.237. The van der Waals surface area contributed by atoms with Gasteiger partial charge in [0.15, 0.2) is 0 Å². The summed E-state index contributed by atoms with van der Waals surface area (Å²) in [5.41, 5.74) is 4.34. The third kappa shape index (κ3) is 31.2. The molecule has 0 fully saturated rings. The summed E-state index contributed by atoms with van der Waals surface area (Å²) in [6.45, 7) is 6.29. The van der Waals surface area contributed by atoms with Gasteiger partial charge in [-0.2, -0.15) is 0 Å². The van der Waals surface area contributed by atoms with Crippen LogP contribution in [0.1, 0.15) is 105 Å². The second-order valence-corrected chi connectivity index (χ2v) is 7.67. The molecule has 7 heteroatoms. The quantitative estimate of drug-likeness (QED) is 0.203. The average molecular weight is 415 g/mol. The van der Waals surface area contributed by atoms with Gasteiger partial charge >= 0.3 is 18.9 Å². The fourth-order valence-corrected chi connectivity index (χ4v) is 3.02. The summed E-state index contributed by atoms with van der Waals surface area (Å²) in [5.74, 6) is 0. The second kappa shape index (κ2) is 26.2. The van der Waals surface area contributed by atoms with Crippen LogP contribution in [0, 0.1) is 0 Å². The van der Waals surface area contributed by atoms with E-state index in [1.807, 2.05) is 4.90 Å². The summed E-state index contributed by atoms with van der Waals surface area (Å²) in [5, 5.41) is -0.683. The van der Waals surface area contributed by atoms with Crippen LogP contribution in [-0.2, 0) is 0 Å². The smallest absolute Gasteiger partial charge is 1.00 e. The first-order chi connectivity index (χ1) is 12.5. The molecule has 0 aliphatic heterocycles. The summed E-state index contributed by atoms with van der Waals surface area (Å²) in [4.78, 5) is 22.6. The molecule has 0 bridgehead atoms. The van der Waals surface area contributed by atoms with Gasteiger partial charge in [-0.1, -0.05) is 116 Å². The molecule has 0 radical (unpaired) electrons. The van der Waals surface area contributed by atoms with Crippen molar-refractivity contribution in [1.29, 1.82) is 0 Å². The molecule has 158 valence electrons. The van der Waals surface area contributed by atoms with Crippen molar-refractivity contribution in [1.82, 2.24) is 4.90 Å². The first-order valence-electron chi connectivity index (χ1n) is 10.4. The van der Waals surface area contributed by atoms with Crippen LogP contribution in [0.4, 0.5) is 9.59 Å². The molecule has 27 heavy (non-hydrogen) atoms. The molecule has 0 rings (SSSR count). The van der Waals surface area contributed by atoms with E-state index in [2.05, 4.69) is 44.8 Å². The molecule has 0 unspecified atom stereocenters. The van der Waals surface area contributed by atoms with Crippen LogP contribution in [0.3, 0.4) is 0 Å². The van der Waals surface area contributed by atoms with Crippen LogP contribution in [0.15, 0.2) is 0 Å². The molecule has 2 amide bonds. The Morgan fingerprint density at radius 1 is 0.704 bits per heavy atom. The fourth-order valence-electron chi connectivity index (χ4n) is 2.82. The zero-order chi connectivity index (χ0) is 20.0. The summed E-state index contributed by atoms with van der Waals surface area (Å²) in [6.07, 6.45) is 18.1. The number of hydrogen-bond acceptors (Lipinski definition) is 2. The topological polar surface area (TPSA) is 63.4 Å². The Labute approximate surface area is 192 Å². The largest absolute Gasteiger partial charge is 1.00 e. The van der Waals surface area contributed by atoms with Gasteiger partial charge in [-0.3, -0.25) is 9.59 Å². The fraction of sp³-hybridized carbons (Fsp3) is 0.900. The van der Waals surface area contributed by atoms with Gasteiger partial charge in [-0.25, -0.2) is 0 Å². The van der Waals surface area contributed by atoms with Gasteiger partial charge in [0.25, 0.3) is 10.5 Å². The molecule has 4 nitrogen and oxygen atoms in total. The van der Waals surface area contributed by atoms with E-state index in [1.165, 1.54) is 77.0 Å². The van der Waals surface area contributed by atoms with Crippen LogP contribution in [0.5, 0.6) is 0 Å². The normalized spacial score (nSPS) is 9.78. The molecule has 0 aromatic rings. The molecule has 0 aromatic carbocycles. The Kier molecular flexibility index (Phi) is 31.0. The SMILES string of the molecule is CCCCCCCCCN(CCCCCCCCC)C(=O)S.NC(=O)S.[H-].[Li+]. The molecule has 0 heterocycles.